The smallest absolute Gasteiger partial charge is 0.0625 e. The normalized spacial score (nSPS) is 20.9. The molecule has 0 N–H and O–H groups in total. The fraction of sp³-hybridized carbons (Fsp3) is 0.500. The largest absolute Gasteiger partial charge is 0.269 e. The standard InChI is InChI=1S/C6H7N5/c7-10-9-5-3-6-1-2-8-11(6)4-5/h1-2,5H,3-4H2/t5-/m0/s1. The minimum atomic E-state index is 0.0729. The van der Waals surface area contributed by atoms with Crippen LogP contribution in [0.1, 0.15) is 5.69 Å². The molecule has 56 valence electrons. The quantitative estimate of drug-likeness (QED) is 0.335. The first kappa shape index (κ1) is 6.24. The molecule has 5 nitrogen and oxygen atoms in total. The highest BCUT2D eigenvalue weighted by atomic mass is 15.3. The van der Waals surface area contributed by atoms with Crippen molar-refractivity contribution in [2.24, 2.45) is 5.11 Å². The third kappa shape index (κ3) is 0.951. The molecular weight excluding hydrogens is 142 g/mol. The van der Waals surface area contributed by atoms with Crippen molar-refractivity contribution in [3.05, 3.63) is 28.4 Å². The minimum absolute atomic E-state index is 0.0729. The predicted octanol–water partition coefficient (Wildman–Crippen LogP) is 1.12. The van der Waals surface area contributed by atoms with Gasteiger partial charge in [-0.3, -0.25) is 4.68 Å². The first-order valence-electron chi connectivity index (χ1n) is 3.45. The van der Waals surface area contributed by atoms with E-state index >= 15 is 0 Å². The number of hydrogen-bond acceptors (Lipinski definition) is 2. The van der Waals surface area contributed by atoms with E-state index in [0.717, 1.165) is 18.7 Å². The van der Waals surface area contributed by atoms with Crippen molar-refractivity contribution in [2.75, 3.05) is 0 Å². The summed E-state index contributed by atoms with van der Waals surface area (Å²) in [5.41, 5.74) is 9.33. The second kappa shape index (κ2) is 2.29. The van der Waals surface area contributed by atoms with Crippen LogP contribution < -0.4 is 0 Å². The molecule has 0 unspecified atom stereocenters. The van der Waals surface area contributed by atoms with Gasteiger partial charge in [0.2, 0.25) is 0 Å². The van der Waals surface area contributed by atoms with Gasteiger partial charge >= 0.3 is 0 Å². The van der Waals surface area contributed by atoms with Crippen molar-refractivity contribution in [3.63, 3.8) is 0 Å². The summed E-state index contributed by atoms with van der Waals surface area (Å²) in [6.45, 7) is 0.729. The fourth-order valence-corrected chi connectivity index (χ4v) is 1.35. The lowest BCUT2D eigenvalue weighted by Crippen LogP contribution is -2.05. The molecule has 2 rings (SSSR count). The molecule has 0 radical (unpaired) electrons. The van der Waals surface area contributed by atoms with Crippen LogP contribution in [0, 0.1) is 0 Å². The van der Waals surface area contributed by atoms with Gasteiger partial charge in [-0.1, -0.05) is 5.11 Å². The second-order valence-corrected chi connectivity index (χ2v) is 2.57. The lowest BCUT2D eigenvalue weighted by molar-refractivity contribution is 0.588. The summed E-state index contributed by atoms with van der Waals surface area (Å²) >= 11 is 0. The number of azide groups is 1. The number of rotatable bonds is 1. The summed E-state index contributed by atoms with van der Waals surface area (Å²) in [4.78, 5) is 2.76. The third-order valence-corrected chi connectivity index (χ3v) is 1.85. The van der Waals surface area contributed by atoms with E-state index in [4.69, 9.17) is 5.53 Å². The fourth-order valence-electron chi connectivity index (χ4n) is 1.35. The maximum Gasteiger partial charge on any atom is 0.0625 e. The van der Waals surface area contributed by atoms with Crippen LogP contribution in [-0.2, 0) is 13.0 Å². The molecule has 1 aliphatic heterocycles. The first-order valence-corrected chi connectivity index (χ1v) is 3.45. The number of fused-ring (bicyclic) bond motifs is 1. The zero-order valence-corrected chi connectivity index (χ0v) is 5.88. The van der Waals surface area contributed by atoms with Gasteiger partial charge < -0.3 is 0 Å². The number of nitrogens with zero attached hydrogens (tertiary/aromatic N) is 5. The van der Waals surface area contributed by atoms with Gasteiger partial charge in [0.15, 0.2) is 0 Å². The van der Waals surface area contributed by atoms with Crippen LogP contribution in [0.4, 0.5) is 0 Å². The molecule has 1 aromatic rings. The predicted molar refractivity (Wildman–Crippen MR) is 38.9 cm³/mol. The summed E-state index contributed by atoms with van der Waals surface area (Å²) in [6, 6.07) is 2.02. The Labute approximate surface area is 63.3 Å². The highest BCUT2D eigenvalue weighted by Crippen LogP contribution is 2.15. The zero-order valence-electron chi connectivity index (χ0n) is 5.88. The van der Waals surface area contributed by atoms with Gasteiger partial charge in [-0.15, -0.1) is 0 Å². The Balaban J connectivity index is 2.21. The second-order valence-electron chi connectivity index (χ2n) is 2.57. The van der Waals surface area contributed by atoms with Crippen LogP contribution >= 0.6 is 0 Å². The van der Waals surface area contributed by atoms with Crippen molar-refractivity contribution in [1.29, 1.82) is 0 Å². The monoisotopic (exact) mass is 149 g/mol. The molecule has 0 saturated heterocycles. The van der Waals surface area contributed by atoms with Gasteiger partial charge in [-0.05, 0) is 18.0 Å². The van der Waals surface area contributed by atoms with Gasteiger partial charge in [0.25, 0.3) is 0 Å². The van der Waals surface area contributed by atoms with Crippen molar-refractivity contribution >= 4 is 0 Å². The lowest BCUT2D eigenvalue weighted by Gasteiger charge is -1.95. The van der Waals surface area contributed by atoms with E-state index in [2.05, 4.69) is 15.1 Å². The first-order chi connectivity index (χ1) is 5.40. The SMILES string of the molecule is [N-]=[N+]=N[C@H]1Cc2ccnn2C1. The highest BCUT2D eigenvalue weighted by molar-refractivity contribution is 5.07. The molecule has 2 heterocycles. The zero-order chi connectivity index (χ0) is 7.68. The van der Waals surface area contributed by atoms with Crippen LogP contribution in [0.15, 0.2) is 17.4 Å². The van der Waals surface area contributed by atoms with Gasteiger partial charge in [0, 0.05) is 16.8 Å². The molecular formula is C6H7N5. The van der Waals surface area contributed by atoms with E-state index in [1.807, 2.05) is 10.7 Å². The van der Waals surface area contributed by atoms with Crippen molar-refractivity contribution in [2.45, 2.75) is 19.0 Å². The van der Waals surface area contributed by atoms with E-state index in [-0.39, 0.29) is 6.04 Å². The van der Waals surface area contributed by atoms with Gasteiger partial charge in [-0.2, -0.15) is 5.10 Å². The Morgan fingerprint density at radius 2 is 2.73 bits per heavy atom. The summed E-state index contributed by atoms with van der Waals surface area (Å²) in [7, 11) is 0. The molecule has 0 fully saturated rings. The Morgan fingerprint density at radius 1 is 1.82 bits per heavy atom. The van der Waals surface area contributed by atoms with E-state index in [0.29, 0.717) is 0 Å². The van der Waals surface area contributed by atoms with Crippen LogP contribution in [0.3, 0.4) is 0 Å². The number of hydrogen-bond donors (Lipinski definition) is 0. The molecule has 0 amide bonds. The lowest BCUT2D eigenvalue weighted by atomic mass is 10.2. The van der Waals surface area contributed by atoms with Crippen molar-refractivity contribution in [1.82, 2.24) is 9.78 Å². The Hall–Kier alpha value is -1.48. The molecule has 0 aliphatic carbocycles. The average Bonchev–Trinajstić information content (AvgIpc) is 2.46. The van der Waals surface area contributed by atoms with E-state index in [9.17, 15) is 0 Å². The van der Waals surface area contributed by atoms with Crippen LogP contribution in [0.25, 0.3) is 10.4 Å². The Morgan fingerprint density at radius 3 is 3.45 bits per heavy atom. The van der Waals surface area contributed by atoms with E-state index in [1.165, 1.54) is 0 Å². The third-order valence-electron chi connectivity index (χ3n) is 1.85. The van der Waals surface area contributed by atoms with Crippen LogP contribution in [0.5, 0.6) is 0 Å². The molecule has 5 heteroatoms. The molecule has 0 bridgehead atoms. The average molecular weight is 149 g/mol. The molecule has 0 saturated carbocycles. The van der Waals surface area contributed by atoms with Crippen LogP contribution in [-0.4, -0.2) is 15.8 Å². The van der Waals surface area contributed by atoms with E-state index in [1.54, 1.807) is 6.20 Å². The Kier molecular flexibility index (Phi) is 1.30. The van der Waals surface area contributed by atoms with Gasteiger partial charge in [0.1, 0.15) is 0 Å². The maximum absolute atomic E-state index is 8.17. The highest BCUT2D eigenvalue weighted by Gasteiger charge is 2.19. The molecule has 1 aliphatic rings. The van der Waals surface area contributed by atoms with Crippen molar-refractivity contribution < 1.29 is 0 Å². The summed E-state index contributed by atoms with van der Waals surface area (Å²) in [5.74, 6) is 0. The van der Waals surface area contributed by atoms with Gasteiger partial charge in [-0.25, -0.2) is 0 Å². The van der Waals surface area contributed by atoms with Crippen molar-refractivity contribution in [3.8, 4) is 0 Å². The Bertz CT molecular complexity index is 288. The molecule has 0 aromatic carbocycles. The molecule has 1 aromatic heterocycles. The summed E-state index contributed by atoms with van der Waals surface area (Å²) in [5, 5.41) is 7.69. The topological polar surface area (TPSA) is 66.6 Å². The molecule has 11 heavy (non-hydrogen) atoms. The maximum atomic E-state index is 8.17. The van der Waals surface area contributed by atoms with Gasteiger partial charge in [0.05, 0.1) is 12.6 Å². The van der Waals surface area contributed by atoms with Crippen LogP contribution in [0.2, 0.25) is 0 Å². The number of aromatic nitrogens is 2. The minimum Gasteiger partial charge on any atom is -0.269 e. The summed E-state index contributed by atoms with van der Waals surface area (Å²) < 4.78 is 1.87. The molecule has 1 atom stereocenters. The summed E-state index contributed by atoms with van der Waals surface area (Å²) in [6.07, 6.45) is 2.59. The molecule has 0 spiro atoms. The van der Waals surface area contributed by atoms with E-state index < -0.39 is 0 Å².